The Bertz CT molecular complexity index is 456. The minimum Gasteiger partial charge on any atom is -0.320 e. The third-order valence-electron chi connectivity index (χ3n) is 2.14. The highest BCUT2D eigenvalue weighted by atomic mass is 79.9. The van der Waals surface area contributed by atoms with Crippen molar-refractivity contribution in [2.45, 2.75) is 6.04 Å². The van der Waals surface area contributed by atoms with Gasteiger partial charge in [0, 0.05) is 14.4 Å². The molecule has 0 aliphatic carbocycles. The van der Waals surface area contributed by atoms with Gasteiger partial charge in [0.15, 0.2) is 0 Å². The molecule has 0 saturated heterocycles. The van der Waals surface area contributed by atoms with Crippen molar-refractivity contribution in [3.63, 3.8) is 0 Å². The summed E-state index contributed by atoms with van der Waals surface area (Å²) in [5.41, 5.74) is 7.17. The van der Waals surface area contributed by atoms with Crippen LogP contribution in [0.4, 0.5) is 0 Å². The normalized spacial score (nSPS) is 12.7. The Morgan fingerprint density at radius 2 is 2.13 bits per heavy atom. The average molecular weight is 303 g/mol. The van der Waals surface area contributed by atoms with Crippen LogP contribution in [-0.2, 0) is 0 Å². The molecule has 78 valence electrons. The standard InChI is InChI=1S/C11H9BrClNS/c12-9-4-3-7(13)6-8(9)11(14)10-2-1-5-15-10/h1-6,11H,14H2. The van der Waals surface area contributed by atoms with Crippen molar-refractivity contribution < 1.29 is 0 Å². The average Bonchev–Trinajstić information content (AvgIpc) is 2.74. The zero-order chi connectivity index (χ0) is 10.8. The molecule has 1 aromatic carbocycles. The molecule has 0 spiro atoms. The maximum Gasteiger partial charge on any atom is 0.0657 e. The smallest absolute Gasteiger partial charge is 0.0657 e. The SMILES string of the molecule is NC(c1cccs1)c1cc(Cl)ccc1Br. The van der Waals surface area contributed by atoms with Gasteiger partial charge in [-0.15, -0.1) is 11.3 Å². The summed E-state index contributed by atoms with van der Waals surface area (Å²) in [6.07, 6.45) is 0. The van der Waals surface area contributed by atoms with E-state index in [0.29, 0.717) is 5.02 Å². The molecular weight excluding hydrogens is 294 g/mol. The Balaban J connectivity index is 2.41. The van der Waals surface area contributed by atoms with Crippen molar-refractivity contribution in [1.29, 1.82) is 0 Å². The van der Waals surface area contributed by atoms with Crippen LogP contribution in [0, 0.1) is 0 Å². The minimum atomic E-state index is -0.113. The molecule has 0 aliphatic heterocycles. The molecule has 4 heteroatoms. The zero-order valence-electron chi connectivity index (χ0n) is 7.78. The van der Waals surface area contributed by atoms with Gasteiger partial charge in [-0.05, 0) is 35.2 Å². The van der Waals surface area contributed by atoms with Crippen molar-refractivity contribution >= 4 is 38.9 Å². The maximum atomic E-state index is 6.15. The van der Waals surface area contributed by atoms with Crippen LogP contribution in [0.15, 0.2) is 40.2 Å². The second-order valence-electron chi connectivity index (χ2n) is 3.16. The first-order valence-electron chi connectivity index (χ1n) is 4.42. The van der Waals surface area contributed by atoms with Gasteiger partial charge in [-0.3, -0.25) is 0 Å². The molecule has 15 heavy (non-hydrogen) atoms. The largest absolute Gasteiger partial charge is 0.320 e. The summed E-state index contributed by atoms with van der Waals surface area (Å²) in [5.74, 6) is 0. The fraction of sp³-hybridized carbons (Fsp3) is 0.0909. The predicted octanol–water partition coefficient (Wildman–Crippen LogP) is 4.21. The second-order valence-corrected chi connectivity index (χ2v) is 5.43. The fourth-order valence-corrected chi connectivity index (χ4v) is 2.79. The molecule has 1 unspecified atom stereocenters. The van der Waals surface area contributed by atoms with Crippen LogP contribution in [0.3, 0.4) is 0 Å². The van der Waals surface area contributed by atoms with Gasteiger partial charge in [0.2, 0.25) is 0 Å². The van der Waals surface area contributed by atoms with Crippen LogP contribution in [0.25, 0.3) is 0 Å². The Morgan fingerprint density at radius 1 is 1.33 bits per heavy atom. The van der Waals surface area contributed by atoms with Crippen LogP contribution in [0.1, 0.15) is 16.5 Å². The van der Waals surface area contributed by atoms with Crippen LogP contribution >= 0.6 is 38.9 Å². The maximum absolute atomic E-state index is 6.15. The molecule has 2 N–H and O–H groups in total. The first kappa shape index (κ1) is 11.1. The topological polar surface area (TPSA) is 26.0 Å². The zero-order valence-corrected chi connectivity index (χ0v) is 10.9. The van der Waals surface area contributed by atoms with Crippen LogP contribution in [0.5, 0.6) is 0 Å². The highest BCUT2D eigenvalue weighted by Gasteiger charge is 2.13. The predicted molar refractivity (Wildman–Crippen MR) is 69.5 cm³/mol. The number of rotatable bonds is 2. The Kier molecular flexibility index (Phi) is 3.46. The molecule has 0 aliphatic rings. The van der Waals surface area contributed by atoms with E-state index in [1.54, 1.807) is 11.3 Å². The summed E-state index contributed by atoms with van der Waals surface area (Å²) in [7, 11) is 0. The lowest BCUT2D eigenvalue weighted by Crippen LogP contribution is -2.10. The summed E-state index contributed by atoms with van der Waals surface area (Å²) in [4.78, 5) is 1.14. The van der Waals surface area contributed by atoms with Gasteiger partial charge in [-0.1, -0.05) is 33.6 Å². The lowest BCUT2D eigenvalue weighted by atomic mass is 10.1. The van der Waals surface area contributed by atoms with E-state index >= 15 is 0 Å². The van der Waals surface area contributed by atoms with Gasteiger partial charge in [0.05, 0.1) is 6.04 Å². The molecule has 0 bridgehead atoms. The summed E-state index contributed by atoms with van der Waals surface area (Å²) >= 11 is 11.1. The van der Waals surface area contributed by atoms with Gasteiger partial charge in [0.25, 0.3) is 0 Å². The van der Waals surface area contributed by atoms with E-state index in [4.69, 9.17) is 17.3 Å². The number of halogens is 2. The summed E-state index contributed by atoms with van der Waals surface area (Å²) in [5, 5.41) is 2.73. The highest BCUT2D eigenvalue weighted by Crippen LogP contribution is 2.31. The first-order chi connectivity index (χ1) is 7.18. The van der Waals surface area contributed by atoms with E-state index in [1.807, 2.05) is 35.7 Å². The molecule has 0 radical (unpaired) electrons. The molecule has 2 rings (SSSR count). The van der Waals surface area contributed by atoms with Crippen molar-refractivity contribution in [3.05, 3.63) is 55.6 Å². The fourth-order valence-electron chi connectivity index (χ4n) is 1.37. The van der Waals surface area contributed by atoms with Crippen LogP contribution in [0.2, 0.25) is 5.02 Å². The number of hydrogen-bond donors (Lipinski definition) is 1. The number of hydrogen-bond acceptors (Lipinski definition) is 2. The number of thiophene rings is 1. The Hall–Kier alpha value is -0.350. The van der Waals surface area contributed by atoms with Crippen molar-refractivity contribution in [2.75, 3.05) is 0 Å². The van der Waals surface area contributed by atoms with E-state index in [1.165, 1.54) is 0 Å². The van der Waals surface area contributed by atoms with E-state index < -0.39 is 0 Å². The van der Waals surface area contributed by atoms with Gasteiger partial charge >= 0.3 is 0 Å². The van der Waals surface area contributed by atoms with E-state index in [9.17, 15) is 0 Å². The summed E-state index contributed by atoms with van der Waals surface area (Å²) in [6, 6.07) is 9.58. The quantitative estimate of drug-likeness (QED) is 0.883. The summed E-state index contributed by atoms with van der Waals surface area (Å²) in [6.45, 7) is 0. The van der Waals surface area contributed by atoms with E-state index in [0.717, 1.165) is 14.9 Å². The first-order valence-corrected chi connectivity index (χ1v) is 6.47. The molecule has 1 atom stereocenters. The third kappa shape index (κ3) is 2.42. The van der Waals surface area contributed by atoms with Crippen molar-refractivity contribution in [1.82, 2.24) is 0 Å². The van der Waals surface area contributed by atoms with Gasteiger partial charge in [-0.2, -0.15) is 0 Å². The molecule has 1 heterocycles. The van der Waals surface area contributed by atoms with Crippen molar-refractivity contribution in [3.8, 4) is 0 Å². The molecule has 1 aromatic heterocycles. The molecule has 0 saturated carbocycles. The summed E-state index contributed by atoms with van der Waals surface area (Å²) < 4.78 is 0.993. The van der Waals surface area contributed by atoms with Crippen molar-refractivity contribution in [2.24, 2.45) is 5.73 Å². The Morgan fingerprint density at radius 3 is 2.80 bits per heavy atom. The highest BCUT2D eigenvalue weighted by molar-refractivity contribution is 9.10. The molecule has 0 fully saturated rings. The van der Waals surface area contributed by atoms with Crippen LogP contribution < -0.4 is 5.73 Å². The van der Waals surface area contributed by atoms with Gasteiger partial charge < -0.3 is 5.73 Å². The van der Waals surface area contributed by atoms with Gasteiger partial charge in [-0.25, -0.2) is 0 Å². The second kappa shape index (κ2) is 4.66. The lowest BCUT2D eigenvalue weighted by molar-refractivity contribution is 0.887. The minimum absolute atomic E-state index is 0.113. The lowest BCUT2D eigenvalue weighted by Gasteiger charge is -2.12. The number of nitrogens with two attached hydrogens (primary N) is 1. The monoisotopic (exact) mass is 301 g/mol. The van der Waals surface area contributed by atoms with E-state index in [-0.39, 0.29) is 6.04 Å². The Labute approximate surface area is 106 Å². The molecule has 1 nitrogen and oxygen atoms in total. The number of benzene rings is 1. The van der Waals surface area contributed by atoms with Crippen LogP contribution in [-0.4, -0.2) is 0 Å². The molecule has 0 amide bonds. The molecule has 2 aromatic rings. The van der Waals surface area contributed by atoms with Gasteiger partial charge in [0.1, 0.15) is 0 Å². The third-order valence-corrected chi connectivity index (χ3v) is 4.06. The van der Waals surface area contributed by atoms with E-state index in [2.05, 4.69) is 15.9 Å². The molecular formula is C11H9BrClNS.